The van der Waals surface area contributed by atoms with Crippen molar-refractivity contribution in [1.29, 1.82) is 0 Å². The number of anilines is 2. The summed E-state index contributed by atoms with van der Waals surface area (Å²) in [5.74, 6) is 2.65. The van der Waals surface area contributed by atoms with Crippen molar-refractivity contribution in [2.75, 3.05) is 24.3 Å². The summed E-state index contributed by atoms with van der Waals surface area (Å²) in [7, 11) is 3.94. The molecule has 0 amide bonds. The van der Waals surface area contributed by atoms with E-state index in [0.29, 0.717) is 0 Å². The van der Waals surface area contributed by atoms with E-state index in [1.807, 2.05) is 27.0 Å². The molecular weight excluding hydrogens is 236 g/mol. The van der Waals surface area contributed by atoms with Gasteiger partial charge in [0.25, 0.3) is 0 Å². The van der Waals surface area contributed by atoms with Crippen molar-refractivity contribution in [3.05, 3.63) is 47.3 Å². The maximum Gasteiger partial charge on any atom is 0.137 e. The van der Waals surface area contributed by atoms with Crippen molar-refractivity contribution in [3.8, 4) is 0 Å². The molecule has 0 aliphatic rings. The molecule has 19 heavy (non-hydrogen) atoms. The van der Waals surface area contributed by atoms with E-state index in [1.54, 1.807) is 0 Å². The highest BCUT2D eigenvalue weighted by molar-refractivity contribution is 5.58. The van der Waals surface area contributed by atoms with Gasteiger partial charge in [-0.25, -0.2) is 9.97 Å². The van der Waals surface area contributed by atoms with Crippen molar-refractivity contribution in [2.24, 2.45) is 0 Å². The molecule has 1 N–H and O–H groups in total. The number of nitrogens with zero attached hydrogens (tertiary/aromatic N) is 3. The molecule has 4 nitrogen and oxygen atoms in total. The Morgan fingerprint density at radius 3 is 2.42 bits per heavy atom. The second-order valence-corrected chi connectivity index (χ2v) is 4.66. The van der Waals surface area contributed by atoms with Gasteiger partial charge in [0.05, 0.1) is 0 Å². The monoisotopic (exact) mass is 256 g/mol. The van der Waals surface area contributed by atoms with Gasteiger partial charge in [-0.2, -0.15) is 0 Å². The number of hydrogen-bond acceptors (Lipinski definition) is 4. The lowest BCUT2D eigenvalue weighted by Gasteiger charge is -2.22. The molecule has 2 rings (SSSR count). The maximum atomic E-state index is 4.55. The maximum absolute atomic E-state index is 4.55. The lowest BCUT2D eigenvalue weighted by atomic mass is 10.2. The summed E-state index contributed by atoms with van der Waals surface area (Å²) < 4.78 is 0. The van der Waals surface area contributed by atoms with Crippen LogP contribution in [0.15, 0.2) is 30.3 Å². The van der Waals surface area contributed by atoms with Gasteiger partial charge in [-0.05, 0) is 19.4 Å². The van der Waals surface area contributed by atoms with Crippen LogP contribution in [0.1, 0.15) is 17.0 Å². The van der Waals surface area contributed by atoms with Crippen LogP contribution < -0.4 is 10.2 Å². The minimum absolute atomic E-state index is 0.782. The highest BCUT2D eigenvalue weighted by Gasteiger charge is 2.12. The van der Waals surface area contributed by atoms with Gasteiger partial charge in [-0.1, -0.05) is 30.3 Å². The van der Waals surface area contributed by atoms with Crippen LogP contribution in [0.5, 0.6) is 0 Å². The summed E-state index contributed by atoms with van der Waals surface area (Å²) in [4.78, 5) is 11.1. The van der Waals surface area contributed by atoms with Crippen LogP contribution in [-0.4, -0.2) is 24.1 Å². The van der Waals surface area contributed by atoms with E-state index in [0.717, 1.165) is 29.6 Å². The molecule has 0 fully saturated rings. The van der Waals surface area contributed by atoms with Gasteiger partial charge >= 0.3 is 0 Å². The van der Waals surface area contributed by atoms with Crippen LogP contribution in [0.25, 0.3) is 0 Å². The first-order valence-electron chi connectivity index (χ1n) is 6.40. The van der Waals surface area contributed by atoms with E-state index in [1.165, 1.54) is 5.56 Å². The number of aromatic nitrogens is 2. The number of nitrogens with one attached hydrogen (secondary N) is 1. The van der Waals surface area contributed by atoms with E-state index in [4.69, 9.17) is 0 Å². The van der Waals surface area contributed by atoms with Crippen molar-refractivity contribution in [1.82, 2.24) is 9.97 Å². The first-order valence-corrected chi connectivity index (χ1v) is 6.40. The largest absolute Gasteiger partial charge is 0.373 e. The van der Waals surface area contributed by atoms with Gasteiger partial charge in [-0.15, -0.1) is 0 Å². The molecule has 0 radical (unpaired) electrons. The van der Waals surface area contributed by atoms with Gasteiger partial charge in [0, 0.05) is 26.2 Å². The van der Waals surface area contributed by atoms with Gasteiger partial charge in [0.15, 0.2) is 0 Å². The summed E-state index contributed by atoms with van der Waals surface area (Å²) in [5.41, 5.74) is 2.35. The minimum atomic E-state index is 0.782. The molecule has 4 heteroatoms. The molecule has 100 valence electrons. The van der Waals surface area contributed by atoms with Crippen LogP contribution in [-0.2, 0) is 6.54 Å². The van der Waals surface area contributed by atoms with Gasteiger partial charge in [0.2, 0.25) is 0 Å². The van der Waals surface area contributed by atoms with E-state index in [-0.39, 0.29) is 0 Å². The molecule has 0 unspecified atom stereocenters. The molecule has 2 aromatic rings. The van der Waals surface area contributed by atoms with Crippen LogP contribution in [0.2, 0.25) is 0 Å². The van der Waals surface area contributed by atoms with Crippen LogP contribution in [0.3, 0.4) is 0 Å². The van der Waals surface area contributed by atoms with E-state index >= 15 is 0 Å². The van der Waals surface area contributed by atoms with Gasteiger partial charge < -0.3 is 10.2 Å². The Bertz CT molecular complexity index is 552. The number of benzene rings is 1. The molecule has 0 aliphatic heterocycles. The Hall–Kier alpha value is -2.10. The summed E-state index contributed by atoms with van der Waals surface area (Å²) in [6.07, 6.45) is 0. The Balaban J connectivity index is 2.28. The van der Waals surface area contributed by atoms with Crippen LogP contribution >= 0.6 is 0 Å². The summed E-state index contributed by atoms with van der Waals surface area (Å²) in [6, 6.07) is 10.4. The highest BCUT2D eigenvalue weighted by Crippen LogP contribution is 2.23. The molecule has 0 spiro atoms. The fourth-order valence-corrected chi connectivity index (χ4v) is 2.16. The van der Waals surface area contributed by atoms with E-state index in [9.17, 15) is 0 Å². The first kappa shape index (κ1) is 13.3. The predicted molar refractivity (Wildman–Crippen MR) is 79.6 cm³/mol. The SMILES string of the molecule is CNc1nc(C)nc(N(C)Cc2ccccc2)c1C. The quantitative estimate of drug-likeness (QED) is 0.913. The summed E-state index contributed by atoms with van der Waals surface area (Å²) in [6.45, 7) is 4.80. The average molecular weight is 256 g/mol. The number of hydrogen-bond donors (Lipinski definition) is 1. The second kappa shape index (κ2) is 5.69. The van der Waals surface area contributed by atoms with Gasteiger partial charge in [-0.3, -0.25) is 0 Å². The molecular formula is C15H20N4. The topological polar surface area (TPSA) is 41.1 Å². The molecule has 0 atom stereocenters. The lowest BCUT2D eigenvalue weighted by Crippen LogP contribution is -2.20. The Morgan fingerprint density at radius 1 is 1.11 bits per heavy atom. The smallest absolute Gasteiger partial charge is 0.137 e. The standard InChI is InChI=1S/C15H20N4/c1-11-14(16-3)17-12(2)18-15(11)19(4)10-13-8-6-5-7-9-13/h5-9H,10H2,1-4H3,(H,16,17,18). The molecule has 0 bridgehead atoms. The van der Waals surface area contributed by atoms with Gasteiger partial charge in [0.1, 0.15) is 17.5 Å². The first-order chi connectivity index (χ1) is 9.11. The molecule has 0 saturated carbocycles. The predicted octanol–water partition coefficient (Wildman–Crippen LogP) is 2.77. The zero-order chi connectivity index (χ0) is 13.8. The average Bonchev–Trinajstić information content (AvgIpc) is 2.42. The second-order valence-electron chi connectivity index (χ2n) is 4.66. The number of rotatable bonds is 4. The molecule has 1 aromatic heterocycles. The molecule has 1 aromatic carbocycles. The fourth-order valence-electron chi connectivity index (χ4n) is 2.16. The molecule has 1 heterocycles. The third-order valence-electron chi connectivity index (χ3n) is 3.09. The zero-order valence-corrected chi connectivity index (χ0v) is 11.9. The lowest BCUT2D eigenvalue weighted by molar-refractivity contribution is 0.871. The zero-order valence-electron chi connectivity index (χ0n) is 11.9. The number of aryl methyl sites for hydroxylation is 1. The Kier molecular flexibility index (Phi) is 4.00. The van der Waals surface area contributed by atoms with Crippen molar-refractivity contribution < 1.29 is 0 Å². The summed E-state index contributed by atoms with van der Waals surface area (Å²) in [5, 5.41) is 3.12. The normalized spacial score (nSPS) is 10.3. The third-order valence-corrected chi connectivity index (χ3v) is 3.09. The fraction of sp³-hybridized carbons (Fsp3) is 0.333. The molecule has 0 aliphatic carbocycles. The van der Waals surface area contributed by atoms with E-state index in [2.05, 4.69) is 51.5 Å². The Labute approximate surface area is 114 Å². The van der Waals surface area contributed by atoms with Crippen molar-refractivity contribution >= 4 is 11.6 Å². The van der Waals surface area contributed by atoms with Crippen molar-refractivity contribution in [3.63, 3.8) is 0 Å². The Morgan fingerprint density at radius 2 is 1.79 bits per heavy atom. The van der Waals surface area contributed by atoms with Crippen LogP contribution in [0.4, 0.5) is 11.6 Å². The minimum Gasteiger partial charge on any atom is -0.373 e. The highest BCUT2D eigenvalue weighted by atomic mass is 15.2. The van der Waals surface area contributed by atoms with E-state index < -0.39 is 0 Å². The summed E-state index contributed by atoms with van der Waals surface area (Å²) >= 11 is 0. The van der Waals surface area contributed by atoms with Crippen LogP contribution in [0, 0.1) is 13.8 Å². The van der Waals surface area contributed by atoms with Crippen molar-refractivity contribution in [2.45, 2.75) is 20.4 Å². The molecule has 0 saturated heterocycles. The third kappa shape index (κ3) is 3.02.